The molecule has 0 aromatic carbocycles. The third kappa shape index (κ3) is 4.47. The highest BCUT2D eigenvalue weighted by Gasteiger charge is 2.26. The lowest BCUT2D eigenvalue weighted by Crippen LogP contribution is -2.29. The van der Waals surface area contributed by atoms with Crippen molar-refractivity contribution in [3.63, 3.8) is 0 Å². The van der Waals surface area contributed by atoms with E-state index in [1.807, 2.05) is 0 Å². The summed E-state index contributed by atoms with van der Waals surface area (Å²) >= 11 is 0. The van der Waals surface area contributed by atoms with Crippen molar-refractivity contribution in [1.82, 2.24) is 0 Å². The Morgan fingerprint density at radius 2 is 2.15 bits per heavy atom. The van der Waals surface area contributed by atoms with Crippen LogP contribution in [0, 0.1) is 0 Å². The molecule has 0 aromatic heterocycles. The monoisotopic (exact) mass is 288 g/mol. The number of carbonyl (C=O) groups is 2. The molecule has 0 saturated carbocycles. The van der Waals surface area contributed by atoms with Gasteiger partial charge in [0.1, 0.15) is 19.0 Å². The lowest BCUT2D eigenvalue weighted by atomic mass is 10.2. The maximum Gasteiger partial charge on any atom is 0.351 e. The summed E-state index contributed by atoms with van der Waals surface area (Å²) in [6.45, 7) is -0.284. The fourth-order valence-electron chi connectivity index (χ4n) is 1.44. The zero-order chi connectivity index (χ0) is 15.0. The van der Waals surface area contributed by atoms with E-state index in [2.05, 4.69) is 9.47 Å². The summed E-state index contributed by atoms with van der Waals surface area (Å²) in [5, 5.41) is 9.18. The van der Waals surface area contributed by atoms with Crippen LogP contribution in [-0.2, 0) is 33.3 Å². The first-order valence-corrected chi connectivity index (χ1v) is 5.68. The fraction of sp³-hybridized carbons (Fsp3) is 0.500. The van der Waals surface area contributed by atoms with E-state index in [9.17, 15) is 14.7 Å². The van der Waals surface area contributed by atoms with Gasteiger partial charge < -0.3 is 28.8 Å². The molecule has 2 atom stereocenters. The van der Waals surface area contributed by atoms with E-state index < -0.39 is 24.8 Å². The molecule has 1 aliphatic heterocycles. The molecular weight excluding hydrogens is 272 g/mol. The lowest BCUT2D eigenvalue weighted by molar-refractivity contribution is -0.149. The first-order chi connectivity index (χ1) is 9.64. The fourth-order valence-corrected chi connectivity index (χ4v) is 1.44. The molecule has 8 nitrogen and oxygen atoms in total. The zero-order valence-corrected chi connectivity index (χ0v) is 11.1. The highest BCUT2D eigenvalue weighted by atomic mass is 16.7. The lowest BCUT2D eigenvalue weighted by Gasteiger charge is -2.23. The predicted octanol–water partition coefficient (Wildman–Crippen LogP) is -0.520. The molecule has 1 rings (SSSR count). The van der Waals surface area contributed by atoms with Gasteiger partial charge in [-0.15, -0.1) is 0 Å². The van der Waals surface area contributed by atoms with Gasteiger partial charge in [0.05, 0.1) is 14.2 Å². The van der Waals surface area contributed by atoms with Crippen LogP contribution < -0.4 is 0 Å². The molecule has 0 radical (unpaired) electrons. The molecule has 1 heterocycles. The predicted molar refractivity (Wildman–Crippen MR) is 64.0 cm³/mol. The maximum absolute atomic E-state index is 11.5. The molecule has 2 unspecified atom stereocenters. The SMILES string of the molecule is COC(=O)C1/C=C(/OC)OC(COC=O)/C=C(/CO)O1. The van der Waals surface area contributed by atoms with Gasteiger partial charge in [-0.25, -0.2) is 4.79 Å². The molecule has 112 valence electrons. The summed E-state index contributed by atoms with van der Waals surface area (Å²) in [6.07, 6.45) is 0.807. The average molecular weight is 288 g/mol. The van der Waals surface area contributed by atoms with Gasteiger partial charge in [-0.2, -0.15) is 0 Å². The van der Waals surface area contributed by atoms with Crippen LogP contribution >= 0.6 is 0 Å². The summed E-state index contributed by atoms with van der Waals surface area (Å²) in [5.74, 6) is -0.579. The van der Waals surface area contributed by atoms with Crippen molar-refractivity contribution in [3.8, 4) is 0 Å². The zero-order valence-electron chi connectivity index (χ0n) is 11.1. The molecule has 0 saturated heterocycles. The third-order valence-corrected chi connectivity index (χ3v) is 2.32. The summed E-state index contributed by atoms with van der Waals surface area (Å²) in [7, 11) is 2.55. The Morgan fingerprint density at radius 1 is 1.40 bits per heavy atom. The van der Waals surface area contributed by atoms with Gasteiger partial charge in [0, 0.05) is 6.08 Å². The molecule has 8 heteroatoms. The number of esters is 1. The van der Waals surface area contributed by atoms with Gasteiger partial charge in [0.25, 0.3) is 12.4 Å². The van der Waals surface area contributed by atoms with Crippen molar-refractivity contribution in [2.24, 2.45) is 0 Å². The topological polar surface area (TPSA) is 101 Å². The highest BCUT2D eigenvalue weighted by Crippen LogP contribution is 2.17. The number of ether oxygens (including phenoxy) is 5. The minimum Gasteiger partial charge on any atom is -0.476 e. The summed E-state index contributed by atoms with van der Waals surface area (Å²) < 4.78 is 24.8. The summed E-state index contributed by atoms with van der Waals surface area (Å²) in [6, 6.07) is 0. The van der Waals surface area contributed by atoms with E-state index in [-0.39, 0.29) is 24.8 Å². The second kappa shape index (κ2) is 8.05. The third-order valence-electron chi connectivity index (χ3n) is 2.32. The number of methoxy groups -OCH3 is 2. The number of hydrogen-bond donors (Lipinski definition) is 1. The van der Waals surface area contributed by atoms with Crippen LogP contribution in [0.5, 0.6) is 0 Å². The Morgan fingerprint density at radius 3 is 2.70 bits per heavy atom. The normalized spacial score (nSPS) is 27.1. The Hall–Kier alpha value is -2.22. The van der Waals surface area contributed by atoms with E-state index in [4.69, 9.17) is 14.2 Å². The number of aliphatic hydroxyl groups excluding tert-OH is 1. The van der Waals surface area contributed by atoms with Gasteiger partial charge in [0.15, 0.2) is 6.10 Å². The van der Waals surface area contributed by atoms with Crippen LogP contribution in [0.2, 0.25) is 0 Å². The van der Waals surface area contributed by atoms with Gasteiger partial charge in [-0.05, 0) is 6.08 Å². The molecular formula is C12H16O8. The van der Waals surface area contributed by atoms with Crippen molar-refractivity contribution < 1.29 is 38.4 Å². The standard InChI is InChI=1S/C12H16O8/c1-16-11-4-10(12(15)17-2)19-8(5-13)3-9(20-11)6-18-7-14/h3-4,7,9-10,13H,5-6H2,1-2H3/b8-3-,11-4-. The highest BCUT2D eigenvalue weighted by molar-refractivity contribution is 5.77. The van der Waals surface area contributed by atoms with Crippen LogP contribution in [0.4, 0.5) is 0 Å². The van der Waals surface area contributed by atoms with Crippen LogP contribution in [0.15, 0.2) is 23.9 Å². The first-order valence-electron chi connectivity index (χ1n) is 5.68. The Balaban J connectivity index is 2.95. The van der Waals surface area contributed by atoms with E-state index >= 15 is 0 Å². The van der Waals surface area contributed by atoms with Crippen molar-refractivity contribution >= 4 is 12.4 Å². The minimum absolute atomic E-state index is 0.00754. The van der Waals surface area contributed by atoms with E-state index in [1.54, 1.807) is 0 Å². The molecule has 0 amide bonds. The van der Waals surface area contributed by atoms with Crippen LogP contribution in [-0.4, -0.2) is 57.2 Å². The Bertz CT molecular complexity index is 400. The second-order valence-electron chi connectivity index (χ2n) is 3.63. The van der Waals surface area contributed by atoms with Crippen LogP contribution in [0.3, 0.4) is 0 Å². The number of hydrogen-bond acceptors (Lipinski definition) is 8. The van der Waals surface area contributed by atoms with Crippen molar-refractivity contribution in [2.75, 3.05) is 27.4 Å². The number of carbonyl (C=O) groups excluding carboxylic acids is 2. The molecule has 20 heavy (non-hydrogen) atoms. The van der Waals surface area contributed by atoms with Crippen LogP contribution in [0.25, 0.3) is 0 Å². The largest absolute Gasteiger partial charge is 0.476 e. The molecule has 0 fully saturated rings. The smallest absolute Gasteiger partial charge is 0.351 e. The summed E-state index contributed by atoms with van der Waals surface area (Å²) in [5.41, 5.74) is 0. The Kier molecular flexibility index (Phi) is 6.38. The maximum atomic E-state index is 11.5. The van der Waals surface area contributed by atoms with E-state index in [1.165, 1.54) is 26.4 Å². The summed E-state index contributed by atoms with van der Waals surface area (Å²) in [4.78, 5) is 21.7. The quantitative estimate of drug-likeness (QED) is 0.515. The Labute approximate surface area is 115 Å². The number of aliphatic hydroxyl groups is 1. The van der Waals surface area contributed by atoms with E-state index in [0.717, 1.165) is 0 Å². The van der Waals surface area contributed by atoms with Crippen molar-refractivity contribution in [1.29, 1.82) is 0 Å². The molecule has 1 N–H and O–H groups in total. The van der Waals surface area contributed by atoms with Gasteiger partial charge in [0.2, 0.25) is 6.10 Å². The molecule has 0 bridgehead atoms. The van der Waals surface area contributed by atoms with Gasteiger partial charge >= 0.3 is 5.97 Å². The molecule has 0 spiro atoms. The van der Waals surface area contributed by atoms with Crippen LogP contribution in [0.1, 0.15) is 0 Å². The van der Waals surface area contributed by atoms with E-state index in [0.29, 0.717) is 0 Å². The molecule has 0 aromatic rings. The molecule has 0 aliphatic carbocycles. The minimum atomic E-state index is -1.11. The average Bonchev–Trinajstić information content (AvgIpc) is 2.45. The van der Waals surface area contributed by atoms with Crippen molar-refractivity contribution in [2.45, 2.75) is 12.2 Å². The van der Waals surface area contributed by atoms with Gasteiger partial charge in [-0.3, -0.25) is 4.79 Å². The molecule has 1 aliphatic rings. The van der Waals surface area contributed by atoms with Crippen molar-refractivity contribution in [3.05, 3.63) is 23.9 Å². The first kappa shape index (κ1) is 15.8. The second-order valence-corrected chi connectivity index (χ2v) is 3.63. The van der Waals surface area contributed by atoms with Gasteiger partial charge in [-0.1, -0.05) is 0 Å². The number of rotatable bonds is 6.